The Morgan fingerprint density at radius 2 is 2.07 bits per heavy atom. The fourth-order valence-electron chi connectivity index (χ4n) is 1.31. The molecule has 0 aliphatic heterocycles. The average molecular weight is 196 g/mol. The second-order valence-electron chi connectivity index (χ2n) is 3.93. The zero-order chi connectivity index (χ0) is 10.6. The van der Waals surface area contributed by atoms with E-state index >= 15 is 0 Å². The number of nitrogens with zero attached hydrogens (tertiary/aromatic N) is 3. The molecule has 0 fully saturated rings. The van der Waals surface area contributed by atoms with E-state index in [0.717, 1.165) is 31.0 Å². The molecule has 1 rings (SSSR count). The Morgan fingerprint density at radius 1 is 1.36 bits per heavy atom. The molecule has 0 saturated heterocycles. The summed E-state index contributed by atoms with van der Waals surface area (Å²) in [6, 6.07) is 0.566. The monoisotopic (exact) mass is 196 g/mol. The molecule has 0 radical (unpaired) electrons. The lowest BCUT2D eigenvalue weighted by Crippen LogP contribution is -2.24. The Morgan fingerprint density at radius 3 is 2.57 bits per heavy atom. The van der Waals surface area contributed by atoms with Crippen molar-refractivity contribution in [3.8, 4) is 0 Å². The van der Waals surface area contributed by atoms with Gasteiger partial charge in [-0.05, 0) is 19.9 Å². The summed E-state index contributed by atoms with van der Waals surface area (Å²) in [4.78, 5) is 0. The second kappa shape index (κ2) is 5.10. The largest absolute Gasteiger partial charge is 0.318 e. The lowest BCUT2D eigenvalue weighted by molar-refractivity contribution is 0.561. The van der Waals surface area contributed by atoms with Crippen LogP contribution in [-0.2, 0) is 13.5 Å². The van der Waals surface area contributed by atoms with E-state index in [9.17, 15) is 0 Å². The molecule has 1 aromatic heterocycles. The molecule has 0 aliphatic carbocycles. The fraction of sp³-hybridized carbons (Fsp3) is 0.800. The van der Waals surface area contributed by atoms with Crippen molar-refractivity contribution >= 4 is 0 Å². The van der Waals surface area contributed by atoms with Crippen LogP contribution in [0.5, 0.6) is 0 Å². The van der Waals surface area contributed by atoms with E-state index in [1.807, 2.05) is 14.0 Å². The highest BCUT2D eigenvalue weighted by Crippen LogP contribution is 2.00. The second-order valence-corrected chi connectivity index (χ2v) is 3.93. The van der Waals surface area contributed by atoms with Gasteiger partial charge in [0.2, 0.25) is 0 Å². The summed E-state index contributed by atoms with van der Waals surface area (Å²) < 4.78 is 2.05. The van der Waals surface area contributed by atoms with Crippen LogP contribution in [0.4, 0.5) is 0 Å². The first-order chi connectivity index (χ1) is 6.61. The van der Waals surface area contributed by atoms with Crippen LogP contribution in [0.3, 0.4) is 0 Å². The molecule has 0 saturated carbocycles. The molecular weight excluding hydrogens is 176 g/mol. The van der Waals surface area contributed by atoms with Crippen LogP contribution in [-0.4, -0.2) is 27.4 Å². The van der Waals surface area contributed by atoms with E-state index in [0.29, 0.717) is 6.04 Å². The van der Waals surface area contributed by atoms with Crippen molar-refractivity contribution in [2.24, 2.45) is 7.05 Å². The van der Waals surface area contributed by atoms with Gasteiger partial charge in [-0.2, -0.15) is 0 Å². The number of nitrogens with one attached hydrogen (secondary N) is 1. The van der Waals surface area contributed by atoms with Crippen LogP contribution in [0.15, 0.2) is 0 Å². The van der Waals surface area contributed by atoms with Crippen LogP contribution in [0, 0.1) is 6.92 Å². The van der Waals surface area contributed by atoms with Gasteiger partial charge >= 0.3 is 0 Å². The van der Waals surface area contributed by atoms with Gasteiger partial charge in [0.1, 0.15) is 11.6 Å². The van der Waals surface area contributed by atoms with Crippen molar-refractivity contribution in [1.82, 2.24) is 20.1 Å². The first-order valence-corrected chi connectivity index (χ1v) is 5.19. The van der Waals surface area contributed by atoms with Gasteiger partial charge in [-0.1, -0.05) is 13.8 Å². The molecule has 1 aromatic rings. The maximum atomic E-state index is 4.12. The van der Waals surface area contributed by atoms with Gasteiger partial charge in [0.25, 0.3) is 0 Å². The van der Waals surface area contributed by atoms with Crippen LogP contribution in [0.1, 0.15) is 31.9 Å². The summed E-state index contributed by atoms with van der Waals surface area (Å²) in [5, 5.41) is 11.5. The Bertz CT molecular complexity index is 278. The maximum Gasteiger partial charge on any atom is 0.132 e. The number of aryl methyl sites for hydroxylation is 2. The van der Waals surface area contributed by atoms with E-state index in [4.69, 9.17) is 0 Å². The first-order valence-electron chi connectivity index (χ1n) is 5.19. The van der Waals surface area contributed by atoms with E-state index in [2.05, 4.69) is 33.9 Å². The number of aromatic nitrogens is 3. The van der Waals surface area contributed by atoms with E-state index in [1.165, 1.54) is 0 Å². The minimum Gasteiger partial charge on any atom is -0.318 e. The molecule has 0 atom stereocenters. The first kappa shape index (κ1) is 11.2. The van der Waals surface area contributed by atoms with Gasteiger partial charge in [-0.25, -0.2) is 0 Å². The van der Waals surface area contributed by atoms with Gasteiger partial charge in [-0.3, -0.25) is 0 Å². The number of rotatable bonds is 5. The molecule has 80 valence electrons. The third-order valence-corrected chi connectivity index (χ3v) is 2.31. The van der Waals surface area contributed by atoms with Crippen molar-refractivity contribution in [3.63, 3.8) is 0 Å². The Balaban J connectivity index is 2.28. The molecule has 0 bridgehead atoms. The Labute approximate surface area is 85.7 Å². The highest BCUT2D eigenvalue weighted by Gasteiger charge is 2.03. The highest BCUT2D eigenvalue weighted by molar-refractivity contribution is 4.92. The summed E-state index contributed by atoms with van der Waals surface area (Å²) in [7, 11) is 2.01. The van der Waals surface area contributed by atoms with Crippen LogP contribution in [0.25, 0.3) is 0 Å². The summed E-state index contributed by atoms with van der Waals surface area (Å²) in [5.74, 6) is 2.06. The summed E-state index contributed by atoms with van der Waals surface area (Å²) >= 11 is 0. The van der Waals surface area contributed by atoms with Crippen LogP contribution in [0.2, 0.25) is 0 Å². The predicted molar refractivity (Wildman–Crippen MR) is 57.2 cm³/mol. The molecule has 4 heteroatoms. The molecule has 1 N–H and O–H groups in total. The zero-order valence-electron chi connectivity index (χ0n) is 9.54. The topological polar surface area (TPSA) is 42.7 Å². The molecule has 4 nitrogen and oxygen atoms in total. The third kappa shape index (κ3) is 3.10. The van der Waals surface area contributed by atoms with Gasteiger partial charge in [-0.15, -0.1) is 10.2 Å². The SMILES string of the molecule is Cc1nnc(CCCNC(C)C)n1C. The lowest BCUT2D eigenvalue weighted by Gasteiger charge is -2.07. The maximum absolute atomic E-state index is 4.12. The molecule has 0 unspecified atom stereocenters. The molecule has 1 heterocycles. The number of hydrogen-bond donors (Lipinski definition) is 1. The van der Waals surface area contributed by atoms with Crippen molar-refractivity contribution < 1.29 is 0 Å². The molecule has 0 amide bonds. The standard InChI is InChI=1S/C10H20N4/c1-8(2)11-7-5-6-10-13-12-9(3)14(10)4/h8,11H,5-7H2,1-4H3. The molecule has 0 aliphatic rings. The number of hydrogen-bond acceptors (Lipinski definition) is 3. The predicted octanol–water partition coefficient (Wildman–Crippen LogP) is 1.05. The zero-order valence-corrected chi connectivity index (χ0v) is 9.54. The smallest absolute Gasteiger partial charge is 0.132 e. The van der Waals surface area contributed by atoms with Crippen molar-refractivity contribution in [2.75, 3.05) is 6.54 Å². The van der Waals surface area contributed by atoms with Crippen LogP contribution < -0.4 is 5.32 Å². The third-order valence-electron chi connectivity index (χ3n) is 2.31. The van der Waals surface area contributed by atoms with E-state index < -0.39 is 0 Å². The minimum absolute atomic E-state index is 0.566. The summed E-state index contributed by atoms with van der Waals surface area (Å²) in [6.45, 7) is 7.34. The van der Waals surface area contributed by atoms with Gasteiger partial charge < -0.3 is 9.88 Å². The van der Waals surface area contributed by atoms with Gasteiger partial charge in [0.15, 0.2) is 0 Å². The molecular formula is C10H20N4. The molecule has 0 spiro atoms. The minimum atomic E-state index is 0.566. The summed E-state index contributed by atoms with van der Waals surface area (Å²) in [6.07, 6.45) is 2.11. The van der Waals surface area contributed by atoms with Crippen molar-refractivity contribution in [2.45, 2.75) is 39.7 Å². The van der Waals surface area contributed by atoms with Gasteiger partial charge in [0.05, 0.1) is 0 Å². The lowest BCUT2D eigenvalue weighted by atomic mass is 10.3. The average Bonchev–Trinajstić information content (AvgIpc) is 2.43. The normalized spacial score (nSPS) is 11.2. The Hall–Kier alpha value is -0.900. The highest BCUT2D eigenvalue weighted by atomic mass is 15.3. The van der Waals surface area contributed by atoms with Crippen LogP contribution >= 0.6 is 0 Å². The van der Waals surface area contributed by atoms with E-state index in [-0.39, 0.29) is 0 Å². The van der Waals surface area contributed by atoms with Crippen molar-refractivity contribution in [1.29, 1.82) is 0 Å². The van der Waals surface area contributed by atoms with Crippen molar-refractivity contribution in [3.05, 3.63) is 11.6 Å². The quantitative estimate of drug-likeness (QED) is 0.716. The van der Waals surface area contributed by atoms with E-state index in [1.54, 1.807) is 0 Å². The summed E-state index contributed by atoms with van der Waals surface area (Å²) in [5.41, 5.74) is 0. The van der Waals surface area contributed by atoms with Gasteiger partial charge in [0, 0.05) is 19.5 Å². The molecule has 14 heavy (non-hydrogen) atoms. The molecule has 0 aromatic carbocycles. The Kier molecular flexibility index (Phi) is 4.07. The fourth-order valence-corrected chi connectivity index (χ4v) is 1.31.